The number of methoxy groups -OCH3 is 1. The number of nitrogens with zero attached hydrogens (tertiary/aromatic N) is 3. The van der Waals surface area contributed by atoms with Crippen LogP contribution in [0.25, 0.3) is 0 Å². The first-order valence-corrected chi connectivity index (χ1v) is 9.53. The predicted octanol–water partition coefficient (Wildman–Crippen LogP) is 1.99. The highest BCUT2D eigenvalue weighted by atomic mass is 16.5. The zero-order chi connectivity index (χ0) is 18.7. The molecule has 142 valence electrons. The Kier molecular flexibility index (Phi) is 5.39. The van der Waals surface area contributed by atoms with Gasteiger partial charge in [-0.2, -0.15) is 0 Å². The molecule has 0 N–H and O–H groups in total. The number of benzene rings is 1. The Bertz CT molecular complexity index is 643. The molecule has 0 aromatic heterocycles. The highest BCUT2D eigenvalue weighted by Gasteiger charge is 2.59. The van der Waals surface area contributed by atoms with Gasteiger partial charge in [-0.05, 0) is 51.0 Å². The monoisotopic (exact) mass is 359 g/mol. The summed E-state index contributed by atoms with van der Waals surface area (Å²) in [6.45, 7) is 8.16. The number of hydrogen-bond acceptors (Lipinski definition) is 4. The molecule has 1 aromatic rings. The van der Waals surface area contributed by atoms with Crippen LogP contribution >= 0.6 is 0 Å². The summed E-state index contributed by atoms with van der Waals surface area (Å²) in [5, 5.41) is 0. The van der Waals surface area contributed by atoms with Gasteiger partial charge in [0.05, 0.1) is 7.11 Å². The largest absolute Gasteiger partial charge is 0.497 e. The Morgan fingerprint density at radius 3 is 2.08 bits per heavy atom. The molecule has 2 aliphatic rings. The molecule has 6 heteroatoms. The van der Waals surface area contributed by atoms with E-state index in [-0.39, 0.29) is 11.8 Å². The maximum atomic E-state index is 13.0. The Morgan fingerprint density at radius 2 is 1.62 bits per heavy atom. The summed E-state index contributed by atoms with van der Waals surface area (Å²) < 4.78 is 5.20. The van der Waals surface area contributed by atoms with Crippen LogP contribution in [0.2, 0.25) is 0 Å². The predicted molar refractivity (Wildman–Crippen MR) is 101 cm³/mol. The van der Waals surface area contributed by atoms with E-state index in [1.807, 2.05) is 43.0 Å². The summed E-state index contributed by atoms with van der Waals surface area (Å²) in [6.07, 6.45) is 1.39. The Labute approximate surface area is 155 Å². The van der Waals surface area contributed by atoms with Gasteiger partial charge in [0.25, 0.3) is 0 Å². The zero-order valence-corrected chi connectivity index (χ0v) is 16.0. The van der Waals surface area contributed by atoms with E-state index >= 15 is 0 Å². The van der Waals surface area contributed by atoms with Crippen molar-refractivity contribution in [2.24, 2.45) is 5.41 Å². The molecule has 2 amide bonds. The number of piperazine rings is 1. The van der Waals surface area contributed by atoms with Crippen molar-refractivity contribution in [3.05, 3.63) is 24.3 Å². The van der Waals surface area contributed by atoms with Crippen LogP contribution in [0.15, 0.2) is 24.3 Å². The van der Waals surface area contributed by atoms with E-state index in [0.717, 1.165) is 24.5 Å². The van der Waals surface area contributed by atoms with Gasteiger partial charge in [-0.1, -0.05) is 0 Å². The van der Waals surface area contributed by atoms with Crippen LogP contribution in [-0.2, 0) is 9.59 Å². The van der Waals surface area contributed by atoms with Gasteiger partial charge in [-0.3, -0.25) is 9.59 Å². The summed E-state index contributed by atoms with van der Waals surface area (Å²) >= 11 is 0. The first-order valence-electron chi connectivity index (χ1n) is 9.53. The van der Waals surface area contributed by atoms with Crippen molar-refractivity contribution in [3.63, 3.8) is 0 Å². The molecule has 1 saturated heterocycles. The van der Waals surface area contributed by atoms with Gasteiger partial charge >= 0.3 is 0 Å². The summed E-state index contributed by atoms with van der Waals surface area (Å²) in [5.74, 6) is 0.891. The van der Waals surface area contributed by atoms with Crippen molar-refractivity contribution >= 4 is 17.5 Å². The first-order chi connectivity index (χ1) is 12.6. The van der Waals surface area contributed by atoms with Gasteiger partial charge in [-0.25, -0.2) is 0 Å². The Hall–Kier alpha value is -2.24. The zero-order valence-electron chi connectivity index (χ0n) is 16.0. The van der Waals surface area contributed by atoms with Crippen molar-refractivity contribution in [1.29, 1.82) is 0 Å². The topological polar surface area (TPSA) is 53.1 Å². The third-order valence-electron chi connectivity index (χ3n) is 5.62. The molecule has 1 aliphatic heterocycles. The highest BCUT2D eigenvalue weighted by molar-refractivity contribution is 6.07. The van der Waals surface area contributed by atoms with Crippen LogP contribution in [-0.4, -0.2) is 68.0 Å². The number of carbonyl (C=O) groups excluding carboxylic acids is 2. The van der Waals surface area contributed by atoms with Crippen LogP contribution < -0.4 is 9.64 Å². The minimum Gasteiger partial charge on any atom is -0.497 e. The second-order valence-electron chi connectivity index (χ2n) is 7.04. The number of carbonyl (C=O) groups is 2. The van der Waals surface area contributed by atoms with Crippen molar-refractivity contribution in [2.75, 3.05) is 51.3 Å². The fourth-order valence-corrected chi connectivity index (χ4v) is 3.72. The number of ether oxygens (including phenoxy) is 1. The summed E-state index contributed by atoms with van der Waals surface area (Å²) in [4.78, 5) is 31.8. The molecule has 1 aliphatic carbocycles. The Morgan fingerprint density at radius 1 is 1.04 bits per heavy atom. The molecule has 0 unspecified atom stereocenters. The SMILES string of the molecule is CCN(CC)C(=O)C1(C(=O)N2CCN(c3ccc(OC)cc3)CC2)CC1. The van der Waals surface area contributed by atoms with Crippen LogP contribution in [0.3, 0.4) is 0 Å². The van der Waals surface area contributed by atoms with E-state index in [9.17, 15) is 9.59 Å². The van der Waals surface area contributed by atoms with Crippen LogP contribution in [0.1, 0.15) is 26.7 Å². The smallest absolute Gasteiger partial charge is 0.238 e. The molecule has 0 radical (unpaired) electrons. The van der Waals surface area contributed by atoms with Crippen molar-refractivity contribution in [1.82, 2.24) is 9.80 Å². The third kappa shape index (κ3) is 3.37. The molecule has 0 spiro atoms. The van der Waals surface area contributed by atoms with Crippen LogP contribution in [0.5, 0.6) is 5.75 Å². The van der Waals surface area contributed by atoms with Gasteiger partial charge < -0.3 is 19.4 Å². The normalized spacial score (nSPS) is 18.4. The van der Waals surface area contributed by atoms with Gasteiger partial charge in [0.2, 0.25) is 11.8 Å². The standard InChI is InChI=1S/C20H29N3O3/c1-4-21(5-2)18(24)20(10-11-20)19(25)23-14-12-22(13-15-23)16-6-8-17(26-3)9-7-16/h6-9H,4-5,10-15H2,1-3H3. The lowest BCUT2D eigenvalue weighted by Gasteiger charge is -2.38. The van der Waals surface area contributed by atoms with E-state index in [0.29, 0.717) is 39.0 Å². The lowest BCUT2D eigenvalue weighted by atomic mass is 10.0. The number of anilines is 1. The molecule has 0 atom stereocenters. The maximum absolute atomic E-state index is 13.0. The average molecular weight is 359 g/mol. The lowest BCUT2D eigenvalue weighted by molar-refractivity contribution is -0.149. The summed E-state index contributed by atoms with van der Waals surface area (Å²) in [7, 11) is 1.66. The second-order valence-corrected chi connectivity index (χ2v) is 7.04. The molecule has 1 heterocycles. The molecule has 2 fully saturated rings. The second kappa shape index (κ2) is 7.56. The van der Waals surface area contributed by atoms with Gasteiger partial charge in [0, 0.05) is 45.0 Å². The third-order valence-corrected chi connectivity index (χ3v) is 5.62. The minimum absolute atomic E-state index is 0.0186. The molecule has 1 aromatic carbocycles. The quantitative estimate of drug-likeness (QED) is 0.729. The molecule has 1 saturated carbocycles. The summed E-state index contributed by atoms with van der Waals surface area (Å²) in [5.41, 5.74) is 0.368. The van der Waals surface area contributed by atoms with Gasteiger partial charge in [0.1, 0.15) is 11.2 Å². The van der Waals surface area contributed by atoms with E-state index in [1.54, 1.807) is 12.0 Å². The van der Waals surface area contributed by atoms with Crippen molar-refractivity contribution in [3.8, 4) is 5.75 Å². The van der Waals surface area contributed by atoms with Crippen molar-refractivity contribution < 1.29 is 14.3 Å². The highest BCUT2D eigenvalue weighted by Crippen LogP contribution is 2.49. The molecule has 0 bridgehead atoms. The minimum atomic E-state index is -0.770. The first kappa shape index (κ1) is 18.5. The van der Waals surface area contributed by atoms with Gasteiger partial charge in [0.15, 0.2) is 0 Å². The van der Waals surface area contributed by atoms with E-state index in [2.05, 4.69) is 4.90 Å². The number of hydrogen-bond donors (Lipinski definition) is 0. The molecule has 3 rings (SSSR count). The fraction of sp³-hybridized carbons (Fsp3) is 0.600. The molecule has 26 heavy (non-hydrogen) atoms. The van der Waals surface area contributed by atoms with Crippen molar-refractivity contribution in [2.45, 2.75) is 26.7 Å². The molecular weight excluding hydrogens is 330 g/mol. The van der Waals surface area contributed by atoms with E-state index in [4.69, 9.17) is 4.74 Å². The van der Waals surface area contributed by atoms with Crippen LogP contribution in [0, 0.1) is 5.41 Å². The molecular formula is C20H29N3O3. The van der Waals surface area contributed by atoms with Crippen LogP contribution in [0.4, 0.5) is 5.69 Å². The van der Waals surface area contributed by atoms with E-state index < -0.39 is 5.41 Å². The summed E-state index contributed by atoms with van der Waals surface area (Å²) in [6, 6.07) is 7.99. The fourth-order valence-electron chi connectivity index (χ4n) is 3.72. The van der Waals surface area contributed by atoms with Gasteiger partial charge in [-0.15, -0.1) is 0 Å². The number of rotatable bonds is 6. The lowest BCUT2D eigenvalue weighted by Crippen LogP contribution is -2.53. The Balaban J connectivity index is 1.60. The van der Waals surface area contributed by atoms with E-state index in [1.165, 1.54) is 0 Å². The number of amides is 2. The maximum Gasteiger partial charge on any atom is 0.238 e. The molecule has 6 nitrogen and oxygen atoms in total. The average Bonchev–Trinajstić information content (AvgIpc) is 3.50.